The summed E-state index contributed by atoms with van der Waals surface area (Å²) in [6.07, 6.45) is 46.6. The predicted octanol–water partition coefficient (Wildman–Crippen LogP) is 9.39. The highest BCUT2D eigenvalue weighted by molar-refractivity contribution is 5.76. The van der Waals surface area contributed by atoms with Crippen molar-refractivity contribution in [3.8, 4) is 0 Å². The normalized spacial score (nSPS) is 14.3. The molecule has 2 unspecified atom stereocenters. The van der Waals surface area contributed by atoms with Gasteiger partial charge in [0.2, 0.25) is 5.91 Å². The molecule has 41 heavy (non-hydrogen) atoms. The second-order valence-electron chi connectivity index (χ2n) is 10.4. The summed E-state index contributed by atoms with van der Waals surface area (Å²) in [6.45, 7) is 4.02. The molecule has 0 aromatic carbocycles. The van der Waals surface area contributed by atoms with Crippen LogP contribution < -0.4 is 5.32 Å². The van der Waals surface area contributed by atoms with E-state index < -0.39 is 12.1 Å². The highest BCUT2D eigenvalue weighted by atomic mass is 16.3. The molecule has 0 saturated carbocycles. The molecular formula is C37H61NO3. The summed E-state index contributed by atoms with van der Waals surface area (Å²) in [7, 11) is 0. The quantitative estimate of drug-likeness (QED) is 0.0684. The Labute approximate surface area is 252 Å². The van der Waals surface area contributed by atoms with Crippen LogP contribution in [-0.2, 0) is 4.79 Å². The average molecular weight is 568 g/mol. The van der Waals surface area contributed by atoms with E-state index in [0.717, 1.165) is 83.5 Å². The monoisotopic (exact) mass is 567 g/mol. The van der Waals surface area contributed by atoms with Crippen molar-refractivity contribution >= 4 is 5.91 Å². The van der Waals surface area contributed by atoms with E-state index in [1.165, 1.54) is 19.3 Å². The number of hydrogen-bond donors (Lipinski definition) is 3. The van der Waals surface area contributed by atoms with Crippen LogP contribution >= 0.6 is 0 Å². The first-order valence-electron chi connectivity index (χ1n) is 16.3. The van der Waals surface area contributed by atoms with Gasteiger partial charge in [0, 0.05) is 6.42 Å². The molecule has 0 aromatic rings. The van der Waals surface area contributed by atoms with Crippen molar-refractivity contribution in [2.75, 3.05) is 6.61 Å². The summed E-state index contributed by atoms with van der Waals surface area (Å²) < 4.78 is 0. The number of unbranched alkanes of at least 4 members (excludes halogenated alkanes) is 8. The van der Waals surface area contributed by atoms with Crippen molar-refractivity contribution in [1.29, 1.82) is 0 Å². The molecule has 4 heteroatoms. The Balaban J connectivity index is 3.76. The average Bonchev–Trinajstić information content (AvgIpc) is 2.97. The Morgan fingerprint density at radius 2 is 1.02 bits per heavy atom. The maximum absolute atomic E-state index is 12.3. The van der Waals surface area contributed by atoms with Crippen molar-refractivity contribution < 1.29 is 15.0 Å². The van der Waals surface area contributed by atoms with Gasteiger partial charge in [-0.25, -0.2) is 0 Å². The molecule has 0 fully saturated rings. The molecule has 232 valence electrons. The Bertz CT molecular complexity index is 788. The molecule has 4 nitrogen and oxygen atoms in total. The summed E-state index contributed by atoms with van der Waals surface area (Å²) in [5, 5.41) is 22.7. The molecule has 0 aliphatic rings. The van der Waals surface area contributed by atoms with Crippen LogP contribution in [0.15, 0.2) is 85.1 Å². The summed E-state index contributed by atoms with van der Waals surface area (Å²) in [4.78, 5) is 12.3. The molecule has 0 radical (unpaired) electrons. The standard InChI is InChI=1S/C37H61NO3/c1-3-5-7-9-11-13-15-16-17-18-19-20-21-22-23-25-27-29-31-33-37(41)38-35(34-39)36(40)32-30-28-26-24-14-12-10-8-6-4-2/h5-8,11,13-14,16-17,19-20,24,30,32,35-36,39-40H,3-4,9-10,12,15,18,21-23,25-29,31,33-34H2,1-2H3,(H,38,41)/b7-5-,8-6+,13-11-,17-16-,20-19-,24-14+,32-30+. The summed E-state index contributed by atoms with van der Waals surface area (Å²) >= 11 is 0. The fourth-order valence-corrected chi connectivity index (χ4v) is 4.15. The Morgan fingerprint density at radius 1 is 0.585 bits per heavy atom. The van der Waals surface area contributed by atoms with E-state index in [-0.39, 0.29) is 12.5 Å². The number of hydrogen-bond acceptors (Lipinski definition) is 3. The maximum atomic E-state index is 12.3. The number of amides is 1. The SMILES string of the molecule is CC/C=C\C/C=C\C/C=C\C/C=C\CCCCCCCCC(=O)NC(CO)C(O)/C=C/CC/C=C/CC/C=C/CC. The molecule has 0 heterocycles. The molecule has 0 bridgehead atoms. The zero-order chi connectivity index (χ0) is 30.1. The molecule has 0 aliphatic heterocycles. The van der Waals surface area contributed by atoms with Crippen LogP contribution in [0.25, 0.3) is 0 Å². The third-order valence-corrected chi connectivity index (χ3v) is 6.60. The van der Waals surface area contributed by atoms with Gasteiger partial charge in [-0.15, -0.1) is 0 Å². The third kappa shape index (κ3) is 28.9. The molecule has 0 rings (SSSR count). The lowest BCUT2D eigenvalue weighted by Crippen LogP contribution is -2.45. The molecule has 0 aliphatic carbocycles. The van der Waals surface area contributed by atoms with Gasteiger partial charge in [0.25, 0.3) is 0 Å². The lowest BCUT2D eigenvalue weighted by molar-refractivity contribution is -0.123. The van der Waals surface area contributed by atoms with Gasteiger partial charge in [0.15, 0.2) is 0 Å². The van der Waals surface area contributed by atoms with E-state index >= 15 is 0 Å². The Hall–Kier alpha value is -2.43. The van der Waals surface area contributed by atoms with Crippen LogP contribution in [0.2, 0.25) is 0 Å². The number of rotatable bonds is 27. The molecule has 0 saturated heterocycles. The van der Waals surface area contributed by atoms with Crippen LogP contribution in [0.5, 0.6) is 0 Å². The van der Waals surface area contributed by atoms with Gasteiger partial charge in [-0.1, -0.05) is 125 Å². The minimum atomic E-state index is -0.877. The fraction of sp³-hybridized carbons (Fsp3) is 0.595. The van der Waals surface area contributed by atoms with Gasteiger partial charge in [0.05, 0.1) is 18.8 Å². The first kappa shape index (κ1) is 38.6. The predicted molar refractivity (Wildman–Crippen MR) is 179 cm³/mol. The highest BCUT2D eigenvalue weighted by Gasteiger charge is 2.17. The molecule has 1 amide bonds. The van der Waals surface area contributed by atoms with Crippen molar-refractivity contribution in [1.82, 2.24) is 5.32 Å². The second kappa shape index (κ2) is 32.1. The number of aliphatic hydroxyl groups is 2. The van der Waals surface area contributed by atoms with Gasteiger partial charge >= 0.3 is 0 Å². The number of nitrogens with one attached hydrogen (secondary N) is 1. The first-order valence-corrected chi connectivity index (χ1v) is 16.3. The minimum Gasteiger partial charge on any atom is -0.394 e. The van der Waals surface area contributed by atoms with Crippen molar-refractivity contribution in [2.24, 2.45) is 0 Å². The van der Waals surface area contributed by atoms with Crippen molar-refractivity contribution in [3.63, 3.8) is 0 Å². The van der Waals surface area contributed by atoms with Crippen LogP contribution in [0.4, 0.5) is 0 Å². The number of carbonyl (C=O) groups is 1. The zero-order valence-corrected chi connectivity index (χ0v) is 26.3. The topological polar surface area (TPSA) is 69.6 Å². The molecule has 2 atom stereocenters. The Kier molecular flexibility index (Phi) is 30.2. The van der Waals surface area contributed by atoms with Crippen molar-refractivity contribution in [3.05, 3.63) is 85.1 Å². The largest absolute Gasteiger partial charge is 0.394 e. The van der Waals surface area contributed by atoms with E-state index in [4.69, 9.17) is 0 Å². The highest BCUT2D eigenvalue weighted by Crippen LogP contribution is 2.10. The van der Waals surface area contributed by atoms with Crippen LogP contribution in [0.1, 0.15) is 123 Å². The summed E-state index contributed by atoms with van der Waals surface area (Å²) in [5.74, 6) is -0.101. The van der Waals surface area contributed by atoms with Crippen molar-refractivity contribution in [2.45, 2.75) is 135 Å². The van der Waals surface area contributed by atoms with E-state index in [0.29, 0.717) is 6.42 Å². The number of allylic oxidation sites excluding steroid dienone is 13. The second-order valence-corrected chi connectivity index (χ2v) is 10.4. The third-order valence-electron chi connectivity index (χ3n) is 6.60. The smallest absolute Gasteiger partial charge is 0.220 e. The van der Waals surface area contributed by atoms with Crippen LogP contribution in [0.3, 0.4) is 0 Å². The van der Waals surface area contributed by atoms with Gasteiger partial charge in [0.1, 0.15) is 0 Å². The zero-order valence-electron chi connectivity index (χ0n) is 26.3. The van der Waals surface area contributed by atoms with E-state index in [1.54, 1.807) is 6.08 Å². The maximum Gasteiger partial charge on any atom is 0.220 e. The Morgan fingerprint density at radius 3 is 1.61 bits per heavy atom. The number of carbonyl (C=O) groups excluding carboxylic acids is 1. The van der Waals surface area contributed by atoms with Gasteiger partial charge < -0.3 is 15.5 Å². The molecule has 0 spiro atoms. The molecule has 3 N–H and O–H groups in total. The molecular weight excluding hydrogens is 506 g/mol. The van der Waals surface area contributed by atoms with Crippen LogP contribution in [-0.4, -0.2) is 34.9 Å². The summed E-state index contributed by atoms with van der Waals surface area (Å²) in [5.41, 5.74) is 0. The number of aliphatic hydroxyl groups excluding tert-OH is 2. The molecule has 0 aromatic heterocycles. The van der Waals surface area contributed by atoms with E-state index in [2.05, 4.69) is 92.1 Å². The minimum absolute atomic E-state index is 0.101. The first-order chi connectivity index (χ1) is 20.2. The van der Waals surface area contributed by atoms with Crippen LogP contribution in [0, 0.1) is 0 Å². The van der Waals surface area contributed by atoms with E-state index in [9.17, 15) is 15.0 Å². The van der Waals surface area contributed by atoms with Gasteiger partial charge in [-0.3, -0.25) is 4.79 Å². The van der Waals surface area contributed by atoms with Gasteiger partial charge in [-0.05, 0) is 77.0 Å². The van der Waals surface area contributed by atoms with Gasteiger partial charge in [-0.2, -0.15) is 0 Å². The lowest BCUT2D eigenvalue weighted by atomic mass is 10.1. The lowest BCUT2D eigenvalue weighted by Gasteiger charge is -2.19. The summed E-state index contributed by atoms with van der Waals surface area (Å²) in [6, 6.07) is -0.655. The van der Waals surface area contributed by atoms with E-state index in [1.807, 2.05) is 6.08 Å². The fourth-order valence-electron chi connectivity index (χ4n) is 4.15.